The maximum absolute atomic E-state index is 12.0. The molecule has 1 aromatic rings. The van der Waals surface area contributed by atoms with Gasteiger partial charge in [-0.05, 0) is 19.1 Å². The first kappa shape index (κ1) is 19.6. The monoisotopic (exact) mass is 361 g/mol. The molecule has 1 saturated heterocycles. The summed E-state index contributed by atoms with van der Waals surface area (Å²) >= 11 is 0. The highest BCUT2D eigenvalue weighted by molar-refractivity contribution is 5.94. The third-order valence-corrected chi connectivity index (χ3v) is 4.05. The molecule has 0 atom stereocenters. The van der Waals surface area contributed by atoms with Crippen molar-refractivity contribution in [2.75, 3.05) is 52.9 Å². The Hall–Kier alpha value is -2.77. The molecule has 0 aromatic heterocycles. The van der Waals surface area contributed by atoms with Gasteiger partial charge in [0.25, 0.3) is 5.91 Å². The molecule has 2 N–H and O–H groups in total. The molecule has 1 aliphatic rings. The molecular formula is C18H27N5O3. The zero-order valence-corrected chi connectivity index (χ0v) is 15.4. The lowest BCUT2D eigenvalue weighted by Gasteiger charge is -2.35. The first-order chi connectivity index (χ1) is 12.7. The van der Waals surface area contributed by atoms with Crippen LogP contribution in [0.3, 0.4) is 0 Å². The Morgan fingerprint density at radius 3 is 2.27 bits per heavy atom. The van der Waals surface area contributed by atoms with Crippen molar-refractivity contribution >= 4 is 18.0 Å². The molecule has 1 aliphatic heterocycles. The normalized spacial score (nSPS) is 14.8. The van der Waals surface area contributed by atoms with Crippen molar-refractivity contribution in [3.05, 3.63) is 35.9 Å². The van der Waals surface area contributed by atoms with Crippen LogP contribution in [0.1, 0.15) is 17.3 Å². The number of piperazine rings is 1. The number of amides is 2. The number of ether oxygens (including phenoxy) is 1. The average Bonchev–Trinajstić information content (AvgIpc) is 2.69. The Labute approximate surface area is 154 Å². The summed E-state index contributed by atoms with van der Waals surface area (Å²) in [5.74, 6) is 0.674. The Morgan fingerprint density at radius 1 is 1.04 bits per heavy atom. The molecule has 142 valence electrons. The molecule has 8 heteroatoms. The van der Waals surface area contributed by atoms with Crippen LogP contribution in [0.25, 0.3) is 0 Å². The summed E-state index contributed by atoms with van der Waals surface area (Å²) in [5.41, 5.74) is 0.645. The van der Waals surface area contributed by atoms with E-state index in [1.807, 2.05) is 18.2 Å². The zero-order chi connectivity index (χ0) is 18.8. The van der Waals surface area contributed by atoms with E-state index in [1.165, 1.54) is 0 Å². The number of carbonyl (C=O) groups is 2. The Morgan fingerprint density at radius 2 is 1.65 bits per heavy atom. The van der Waals surface area contributed by atoms with Crippen molar-refractivity contribution < 1.29 is 14.3 Å². The van der Waals surface area contributed by atoms with Crippen LogP contribution < -0.4 is 10.6 Å². The average molecular weight is 361 g/mol. The molecule has 0 unspecified atom stereocenters. The van der Waals surface area contributed by atoms with Crippen molar-refractivity contribution in [2.45, 2.75) is 6.92 Å². The van der Waals surface area contributed by atoms with E-state index in [0.717, 1.165) is 5.96 Å². The topological polar surface area (TPSA) is 86.3 Å². The fraction of sp³-hybridized carbons (Fsp3) is 0.500. The summed E-state index contributed by atoms with van der Waals surface area (Å²) in [6, 6.07) is 9.12. The number of nitrogens with one attached hydrogen (secondary N) is 2. The van der Waals surface area contributed by atoms with Gasteiger partial charge in [0.15, 0.2) is 5.96 Å². The van der Waals surface area contributed by atoms with Gasteiger partial charge in [0.1, 0.15) is 0 Å². The van der Waals surface area contributed by atoms with Crippen molar-refractivity contribution in [1.29, 1.82) is 0 Å². The van der Waals surface area contributed by atoms with Gasteiger partial charge in [-0.1, -0.05) is 18.2 Å². The molecule has 8 nitrogen and oxygen atoms in total. The van der Waals surface area contributed by atoms with Gasteiger partial charge in [0.05, 0.1) is 6.61 Å². The van der Waals surface area contributed by atoms with E-state index in [1.54, 1.807) is 31.0 Å². The summed E-state index contributed by atoms with van der Waals surface area (Å²) in [5, 5.41) is 6.11. The van der Waals surface area contributed by atoms with Crippen molar-refractivity contribution in [3.63, 3.8) is 0 Å². The molecule has 0 bridgehead atoms. The van der Waals surface area contributed by atoms with Gasteiger partial charge < -0.3 is 25.2 Å². The first-order valence-electron chi connectivity index (χ1n) is 8.86. The van der Waals surface area contributed by atoms with Crippen LogP contribution in [0.2, 0.25) is 0 Å². The number of guanidine groups is 1. The number of hydrogen-bond acceptors (Lipinski definition) is 4. The number of carbonyl (C=O) groups excluding carboxylic acids is 2. The molecule has 0 radical (unpaired) electrons. The number of hydrogen-bond donors (Lipinski definition) is 2. The van der Waals surface area contributed by atoms with Crippen LogP contribution in [-0.4, -0.2) is 80.7 Å². The summed E-state index contributed by atoms with van der Waals surface area (Å²) in [6.07, 6.45) is -0.265. The van der Waals surface area contributed by atoms with Crippen LogP contribution in [0.4, 0.5) is 4.79 Å². The molecule has 0 spiro atoms. The highest BCUT2D eigenvalue weighted by Gasteiger charge is 2.23. The van der Waals surface area contributed by atoms with E-state index in [2.05, 4.69) is 20.5 Å². The summed E-state index contributed by atoms with van der Waals surface area (Å²) in [6.45, 7) is 5.84. The minimum Gasteiger partial charge on any atom is -0.450 e. The maximum Gasteiger partial charge on any atom is 0.409 e. The predicted molar refractivity (Wildman–Crippen MR) is 100 cm³/mol. The second kappa shape index (κ2) is 10.3. The van der Waals surface area contributed by atoms with Crippen LogP contribution in [0.5, 0.6) is 0 Å². The summed E-state index contributed by atoms with van der Waals surface area (Å²) < 4.78 is 5.02. The van der Waals surface area contributed by atoms with Gasteiger partial charge in [-0.25, -0.2) is 4.79 Å². The summed E-state index contributed by atoms with van der Waals surface area (Å²) in [4.78, 5) is 31.8. The standard InChI is InChI=1S/C18H27N5O3/c1-3-26-18(25)23-13-11-22(12-14-23)17(19-2)21-10-9-20-16(24)15-7-5-4-6-8-15/h4-8H,3,9-14H2,1-2H3,(H,19,21)(H,20,24). The molecule has 0 saturated carbocycles. The van der Waals surface area contributed by atoms with Gasteiger partial charge in [0, 0.05) is 51.9 Å². The second-order valence-corrected chi connectivity index (χ2v) is 5.77. The second-order valence-electron chi connectivity index (χ2n) is 5.77. The van der Waals surface area contributed by atoms with Gasteiger partial charge in [0.2, 0.25) is 0 Å². The fourth-order valence-electron chi connectivity index (χ4n) is 2.69. The van der Waals surface area contributed by atoms with E-state index in [9.17, 15) is 9.59 Å². The molecule has 2 rings (SSSR count). The smallest absolute Gasteiger partial charge is 0.409 e. The molecule has 0 aliphatic carbocycles. The molecular weight excluding hydrogens is 334 g/mol. The third-order valence-electron chi connectivity index (χ3n) is 4.05. The van der Waals surface area contributed by atoms with Crippen LogP contribution in [0.15, 0.2) is 35.3 Å². The van der Waals surface area contributed by atoms with Gasteiger partial charge in [-0.15, -0.1) is 0 Å². The largest absolute Gasteiger partial charge is 0.450 e. The van der Waals surface area contributed by atoms with Crippen LogP contribution >= 0.6 is 0 Å². The van der Waals surface area contributed by atoms with Crippen molar-refractivity contribution in [1.82, 2.24) is 20.4 Å². The zero-order valence-electron chi connectivity index (χ0n) is 15.4. The molecule has 2 amide bonds. The summed E-state index contributed by atoms with van der Waals surface area (Å²) in [7, 11) is 1.72. The number of aliphatic imine (C=N–C) groups is 1. The quantitative estimate of drug-likeness (QED) is 0.460. The van der Waals surface area contributed by atoms with Crippen molar-refractivity contribution in [2.24, 2.45) is 4.99 Å². The van der Waals surface area contributed by atoms with Gasteiger partial charge in [-0.2, -0.15) is 0 Å². The highest BCUT2D eigenvalue weighted by Crippen LogP contribution is 2.04. The number of rotatable bonds is 5. The van der Waals surface area contributed by atoms with E-state index in [0.29, 0.717) is 51.4 Å². The highest BCUT2D eigenvalue weighted by atomic mass is 16.6. The number of nitrogens with zero attached hydrogens (tertiary/aromatic N) is 3. The minimum atomic E-state index is -0.265. The van der Waals surface area contributed by atoms with E-state index >= 15 is 0 Å². The van der Waals surface area contributed by atoms with E-state index in [-0.39, 0.29) is 12.0 Å². The van der Waals surface area contributed by atoms with E-state index < -0.39 is 0 Å². The van der Waals surface area contributed by atoms with Gasteiger partial charge in [-0.3, -0.25) is 9.79 Å². The van der Waals surface area contributed by atoms with Crippen LogP contribution in [0, 0.1) is 0 Å². The lowest BCUT2D eigenvalue weighted by atomic mass is 10.2. The van der Waals surface area contributed by atoms with Crippen molar-refractivity contribution in [3.8, 4) is 0 Å². The molecule has 1 heterocycles. The van der Waals surface area contributed by atoms with Gasteiger partial charge >= 0.3 is 6.09 Å². The molecule has 1 fully saturated rings. The third kappa shape index (κ3) is 5.65. The number of benzene rings is 1. The minimum absolute atomic E-state index is 0.0922. The van der Waals surface area contributed by atoms with E-state index in [4.69, 9.17) is 4.74 Å². The SMILES string of the molecule is CCOC(=O)N1CCN(C(=NC)NCCNC(=O)c2ccccc2)CC1. The Bertz CT molecular complexity index is 613. The van der Waals surface area contributed by atoms with Crippen LogP contribution in [-0.2, 0) is 4.74 Å². The molecule has 26 heavy (non-hydrogen) atoms. The first-order valence-corrected chi connectivity index (χ1v) is 8.86. The lowest BCUT2D eigenvalue weighted by molar-refractivity contribution is 0.0914. The maximum atomic E-state index is 12.0. The fourth-order valence-corrected chi connectivity index (χ4v) is 2.69. The Kier molecular flexibility index (Phi) is 7.73. The lowest BCUT2D eigenvalue weighted by Crippen LogP contribution is -2.54. The predicted octanol–water partition coefficient (Wildman–Crippen LogP) is 0.766. The molecule has 1 aromatic carbocycles. The Balaban J connectivity index is 1.70.